The third-order valence-corrected chi connectivity index (χ3v) is 6.91. The standard InChI is InChI=1S/C10H14N2O14P3/c1-22-27(17)25-29(20,21)26-28(18,19)23-3-5-6(13)7(14)8(24-5)4-2-11-10(16)12-9(4)15/h2,5-6,13-14H,3H2,1H3,(H,18,19)(H,20,21)(H2,11,12,15,16)/q-1/t5-,6?,27?/m1/s1. The molecule has 2 rings (SSSR count). The molecule has 164 valence electrons. The molecule has 1 aromatic rings. The van der Waals surface area contributed by atoms with Crippen LogP contribution in [-0.2, 0) is 31.5 Å². The molecule has 0 saturated heterocycles. The van der Waals surface area contributed by atoms with E-state index >= 15 is 0 Å². The monoisotopic (exact) mass is 479 g/mol. The van der Waals surface area contributed by atoms with Gasteiger partial charge in [0.05, 0.1) is 15.2 Å². The molecule has 0 saturated carbocycles. The van der Waals surface area contributed by atoms with Gasteiger partial charge < -0.3 is 39.1 Å². The molecule has 5 atom stereocenters. The van der Waals surface area contributed by atoms with E-state index in [0.29, 0.717) is 0 Å². The van der Waals surface area contributed by atoms with Crippen LogP contribution < -0.4 is 16.1 Å². The second-order valence-corrected chi connectivity index (χ2v) is 9.35. The highest BCUT2D eigenvalue weighted by Gasteiger charge is 2.41. The van der Waals surface area contributed by atoms with Crippen LogP contribution in [0.15, 0.2) is 21.5 Å². The van der Waals surface area contributed by atoms with Gasteiger partial charge in [0.15, 0.2) is 23.7 Å². The van der Waals surface area contributed by atoms with E-state index in [1.165, 1.54) is 0 Å². The van der Waals surface area contributed by atoms with E-state index in [2.05, 4.69) is 22.7 Å². The fraction of sp³-hybridized carbons (Fsp3) is 0.400. The van der Waals surface area contributed by atoms with Crippen molar-refractivity contribution in [3.63, 3.8) is 0 Å². The quantitative estimate of drug-likeness (QED) is 0.221. The number of aliphatic hydroxyl groups is 2. The zero-order valence-corrected chi connectivity index (χ0v) is 16.8. The van der Waals surface area contributed by atoms with E-state index in [4.69, 9.17) is 4.74 Å². The molecule has 1 aliphatic heterocycles. The molecular weight excluding hydrogens is 465 g/mol. The van der Waals surface area contributed by atoms with Gasteiger partial charge in [-0.15, -0.1) is 0 Å². The summed E-state index contributed by atoms with van der Waals surface area (Å²) in [6.45, 7) is -0.986. The Morgan fingerprint density at radius 1 is 1.31 bits per heavy atom. The summed E-state index contributed by atoms with van der Waals surface area (Å²) in [6, 6.07) is 0. The number of rotatable bonds is 9. The van der Waals surface area contributed by atoms with Crippen LogP contribution in [-0.4, -0.2) is 55.9 Å². The number of phosphoric ester groups is 1. The number of aliphatic hydroxyl groups excluding tert-OH is 2. The van der Waals surface area contributed by atoms with E-state index in [0.717, 1.165) is 13.3 Å². The first-order valence-electron chi connectivity index (χ1n) is 7.18. The summed E-state index contributed by atoms with van der Waals surface area (Å²) in [7, 11) is -12.9. The second-order valence-electron chi connectivity index (χ2n) is 5.10. The van der Waals surface area contributed by atoms with Crippen molar-refractivity contribution in [1.29, 1.82) is 0 Å². The number of phosphoric acid groups is 2. The molecule has 0 aromatic carbocycles. The lowest BCUT2D eigenvalue weighted by molar-refractivity contribution is -0.195. The van der Waals surface area contributed by atoms with E-state index in [1.807, 2.05) is 4.98 Å². The molecule has 2 heterocycles. The van der Waals surface area contributed by atoms with E-state index < -0.39 is 65.8 Å². The third kappa shape index (κ3) is 6.28. The van der Waals surface area contributed by atoms with Gasteiger partial charge in [-0.1, -0.05) is 0 Å². The summed E-state index contributed by atoms with van der Waals surface area (Å²) in [5.41, 5.74) is -2.18. The molecule has 1 aliphatic rings. The molecule has 4 unspecified atom stereocenters. The average Bonchev–Trinajstić information content (AvgIpc) is 2.87. The number of hydrogen-bond donors (Lipinski definition) is 6. The van der Waals surface area contributed by atoms with Crippen LogP contribution in [0.25, 0.3) is 5.76 Å². The van der Waals surface area contributed by atoms with Crippen molar-refractivity contribution < 1.29 is 56.4 Å². The van der Waals surface area contributed by atoms with Crippen LogP contribution >= 0.6 is 24.2 Å². The summed E-state index contributed by atoms with van der Waals surface area (Å²) in [5, 5.41) is 19.8. The van der Waals surface area contributed by atoms with Crippen molar-refractivity contribution in [2.24, 2.45) is 0 Å². The third-order valence-electron chi connectivity index (χ3n) is 3.13. The van der Waals surface area contributed by atoms with Crippen LogP contribution in [0.3, 0.4) is 0 Å². The molecule has 0 aliphatic carbocycles. The molecule has 6 N–H and O–H groups in total. The normalized spacial score (nSPS) is 24.6. The maximum absolute atomic E-state index is 11.7. The maximum atomic E-state index is 11.7. The summed E-state index contributed by atoms with van der Waals surface area (Å²) in [4.78, 5) is 56.3. The number of nitrogens with one attached hydrogen (secondary N) is 2. The highest BCUT2D eigenvalue weighted by Crippen LogP contribution is 2.64. The van der Waals surface area contributed by atoms with E-state index in [1.54, 1.807) is 0 Å². The van der Waals surface area contributed by atoms with Gasteiger partial charge >= 0.3 is 21.3 Å². The molecular formula is C10H14N2O14P3-. The molecule has 1 aromatic heterocycles. The largest absolute Gasteiger partial charge is 0.786 e. The Bertz CT molecular complexity index is 986. The van der Waals surface area contributed by atoms with Gasteiger partial charge in [0.2, 0.25) is 0 Å². The summed E-state index contributed by atoms with van der Waals surface area (Å²) in [5.74, 6) is -1.40. The van der Waals surface area contributed by atoms with Crippen molar-refractivity contribution in [2.45, 2.75) is 12.2 Å². The van der Waals surface area contributed by atoms with E-state index in [-0.39, 0.29) is 5.56 Å². The minimum Gasteiger partial charge on any atom is -0.786 e. The number of H-pyrrole nitrogens is 2. The lowest BCUT2D eigenvalue weighted by Gasteiger charge is -2.23. The minimum atomic E-state index is -5.34. The van der Waals surface area contributed by atoms with Gasteiger partial charge in [0.25, 0.3) is 5.56 Å². The first-order valence-corrected chi connectivity index (χ1v) is 11.3. The molecule has 0 amide bonds. The predicted molar refractivity (Wildman–Crippen MR) is 89.8 cm³/mol. The number of aromatic nitrogens is 2. The first-order chi connectivity index (χ1) is 13.3. The SMILES string of the molecule is COP([O-])OP(=O)(O)OP(=O)(O)OC[C@H]1OC(c2c[nH]c(=O)[nH]c2=O)=C(O)C1O. The molecule has 19 heteroatoms. The molecule has 0 bridgehead atoms. The molecule has 0 radical (unpaired) electrons. The number of ether oxygens (including phenoxy) is 1. The second kappa shape index (κ2) is 9.16. The van der Waals surface area contributed by atoms with E-state index in [9.17, 15) is 43.6 Å². The van der Waals surface area contributed by atoms with Crippen LogP contribution in [0.1, 0.15) is 5.56 Å². The summed E-state index contributed by atoms with van der Waals surface area (Å²) in [6.07, 6.45) is -2.51. The highest BCUT2D eigenvalue weighted by molar-refractivity contribution is 7.65. The van der Waals surface area contributed by atoms with Gasteiger partial charge in [-0.25, -0.2) is 18.2 Å². The maximum Gasteiger partial charge on any atom is 0.485 e. The lowest BCUT2D eigenvalue weighted by Crippen LogP contribution is -2.29. The fourth-order valence-electron chi connectivity index (χ4n) is 1.95. The number of hydrogen-bond acceptors (Lipinski definition) is 12. The molecule has 0 fully saturated rings. The molecule has 29 heavy (non-hydrogen) atoms. The van der Waals surface area contributed by atoms with Crippen molar-refractivity contribution in [3.8, 4) is 0 Å². The molecule has 16 nitrogen and oxygen atoms in total. The zero-order chi connectivity index (χ0) is 22.0. The lowest BCUT2D eigenvalue weighted by atomic mass is 10.2. The Labute approximate surface area is 161 Å². The zero-order valence-electron chi connectivity index (χ0n) is 14.2. The van der Waals surface area contributed by atoms with Crippen molar-refractivity contribution in [3.05, 3.63) is 38.4 Å². The smallest absolute Gasteiger partial charge is 0.485 e. The number of aromatic amines is 2. The van der Waals surface area contributed by atoms with Gasteiger partial charge in [0, 0.05) is 13.3 Å². The van der Waals surface area contributed by atoms with Gasteiger partial charge in [-0.2, -0.15) is 4.31 Å². The Morgan fingerprint density at radius 3 is 2.55 bits per heavy atom. The average molecular weight is 479 g/mol. The van der Waals surface area contributed by atoms with Crippen molar-refractivity contribution in [2.75, 3.05) is 13.7 Å². The van der Waals surface area contributed by atoms with Gasteiger partial charge in [-0.3, -0.25) is 14.3 Å². The highest BCUT2D eigenvalue weighted by atomic mass is 31.3. The van der Waals surface area contributed by atoms with Crippen LogP contribution in [0.2, 0.25) is 0 Å². The molecule has 0 spiro atoms. The van der Waals surface area contributed by atoms with Crippen molar-refractivity contribution >= 4 is 30.0 Å². The minimum absolute atomic E-state index is 0.372. The summed E-state index contributed by atoms with van der Waals surface area (Å²) >= 11 is 0. The first kappa shape index (κ1) is 23.9. The van der Waals surface area contributed by atoms with Crippen LogP contribution in [0.5, 0.6) is 0 Å². The Balaban J connectivity index is 2.05. The topological polar surface area (TPSA) is 250 Å². The Hall–Kier alpha value is -1.41. The summed E-state index contributed by atoms with van der Waals surface area (Å²) < 4.78 is 44.5. The van der Waals surface area contributed by atoms with Crippen molar-refractivity contribution in [1.82, 2.24) is 9.97 Å². The fourth-order valence-corrected chi connectivity index (χ4v) is 4.84. The predicted octanol–water partition coefficient (Wildman–Crippen LogP) is -1.47. The Morgan fingerprint density at radius 2 is 1.97 bits per heavy atom. The van der Waals surface area contributed by atoms with Gasteiger partial charge in [0.1, 0.15) is 5.56 Å². The Kier molecular flexibility index (Phi) is 7.54. The van der Waals surface area contributed by atoms with Gasteiger partial charge in [-0.05, 0) is 0 Å². The van der Waals surface area contributed by atoms with Crippen LogP contribution in [0.4, 0.5) is 0 Å². The van der Waals surface area contributed by atoms with Crippen LogP contribution in [0, 0.1) is 0 Å².